The van der Waals surface area contributed by atoms with Crippen molar-refractivity contribution in [2.24, 2.45) is 0 Å². The summed E-state index contributed by atoms with van der Waals surface area (Å²) in [6.45, 7) is 4.32. The maximum absolute atomic E-state index is 4.44. The highest BCUT2D eigenvalue weighted by atomic mass is 14.9. The fraction of sp³-hybridized carbons (Fsp3) is 0.600. The lowest BCUT2D eigenvalue weighted by Gasteiger charge is -2.00. The van der Waals surface area contributed by atoms with Gasteiger partial charge in [0.2, 0.25) is 0 Å². The summed E-state index contributed by atoms with van der Waals surface area (Å²) < 4.78 is 0. The monoisotopic (exact) mass is 164 g/mol. The molecule has 0 N–H and O–H groups in total. The first-order valence-corrected chi connectivity index (χ1v) is 4.67. The van der Waals surface area contributed by atoms with E-state index in [1.165, 1.54) is 5.69 Å². The molecule has 0 radical (unpaired) electrons. The van der Waals surface area contributed by atoms with Gasteiger partial charge in [-0.1, -0.05) is 20.3 Å². The summed E-state index contributed by atoms with van der Waals surface area (Å²) in [7, 11) is 0. The number of rotatable bonds is 4. The largest absolute Gasteiger partial charge is 0.241 e. The van der Waals surface area contributed by atoms with Gasteiger partial charge in [-0.15, -0.1) is 0 Å². The Balaban J connectivity index is 2.67. The minimum atomic E-state index is 0.989. The second-order valence-corrected chi connectivity index (χ2v) is 2.96. The summed E-state index contributed by atoms with van der Waals surface area (Å²) in [6.07, 6.45) is 6.21. The van der Waals surface area contributed by atoms with Crippen molar-refractivity contribution in [3.05, 3.63) is 23.8 Å². The molecule has 1 aromatic heterocycles. The summed E-state index contributed by atoms with van der Waals surface area (Å²) >= 11 is 0. The highest BCUT2D eigenvalue weighted by Gasteiger charge is 1.96. The van der Waals surface area contributed by atoms with Crippen LogP contribution in [0.2, 0.25) is 0 Å². The van der Waals surface area contributed by atoms with Crippen LogP contribution in [0.15, 0.2) is 12.3 Å². The average molecular weight is 164 g/mol. The lowest BCUT2D eigenvalue weighted by molar-refractivity contribution is 0.793. The van der Waals surface area contributed by atoms with E-state index in [1.54, 1.807) is 0 Å². The first-order valence-electron chi connectivity index (χ1n) is 4.67. The molecule has 12 heavy (non-hydrogen) atoms. The fourth-order valence-electron chi connectivity index (χ4n) is 1.18. The molecule has 1 rings (SSSR count). The summed E-state index contributed by atoms with van der Waals surface area (Å²) in [5.74, 6) is 0.989. The van der Waals surface area contributed by atoms with E-state index < -0.39 is 0 Å². The molecule has 0 saturated carbocycles. The molecule has 0 saturated heterocycles. The third kappa shape index (κ3) is 2.61. The molecule has 0 unspecified atom stereocenters. The maximum atomic E-state index is 4.44. The molecule has 0 aliphatic heterocycles. The molecule has 66 valence electrons. The van der Waals surface area contributed by atoms with Crippen molar-refractivity contribution in [2.45, 2.75) is 39.5 Å². The predicted molar refractivity (Wildman–Crippen MR) is 50.0 cm³/mol. The van der Waals surface area contributed by atoms with Gasteiger partial charge in [-0.3, -0.25) is 0 Å². The Labute approximate surface area is 74.1 Å². The number of hydrogen-bond acceptors (Lipinski definition) is 2. The third-order valence-corrected chi connectivity index (χ3v) is 1.74. The van der Waals surface area contributed by atoms with Gasteiger partial charge in [-0.2, -0.15) is 0 Å². The van der Waals surface area contributed by atoms with Crippen LogP contribution in [0.4, 0.5) is 0 Å². The number of hydrogen-bond donors (Lipinski definition) is 0. The van der Waals surface area contributed by atoms with Gasteiger partial charge in [0.1, 0.15) is 5.82 Å². The van der Waals surface area contributed by atoms with Crippen molar-refractivity contribution in [1.82, 2.24) is 9.97 Å². The van der Waals surface area contributed by atoms with Crippen LogP contribution in [-0.2, 0) is 12.8 Å². The Bertz CT molecular complexity index is 212. The van der Waals surface area contributed by atoms with Gasteiger partial charge in [-0.25, -0.2) is 9.97 Å². The van der Waals surface area contributed by atoms with Gasteiger partial charge in [-0.05, 0) is 18.9 Å². The molecule has 1 heterocycles. The van der Waals surface area contributed by atoms with E-state index in [0.29, 0.717) is 0 Å². The molecule has 0 bridgehead atoms. The van der Waals surface area contributed by atoms with Gasteiger partial charge >= 0.3 is 0 Å². The minimum absolute atomic E-state index is 0.989. The zero-order chi connectivity index (χ0) is 8.81. The molecule has 2 nitrogen and oxygen atoms in total. The Hall–Kier alpha value is -0.920. The van der Waals surface area contributed by atoms with Crippen molar-refractivity contribution in [1.29, 1.82) is 0 Å². The molecular formula is C10H16N2. The lowest BCUT2D eigenvalue weighted by atomic mass is 10.2. The average Bonchev–Trinajstić information content (AvgIpc) is 2.06. The Morgan fingerprint density at radius 3 is 2.58 bits per heavy atom. The standard InChI is InChI=1S/C10H16N2/c1-3-5-9-7-8-11-10(12-9)6-4-2/h7-8H,3-6H2,1-2H3. The van der Waals surface area contributed by atoms with Gasteiger partial charge in [0.25, 0.3) is 0 Å². The summed E-state index contributed by atoms with van der Waals surface area (Å²) in [4.78, 5) is 8.64. The molecule has 0 amide bonds. The summed E-state index contributed by atoms with van der Waals surface area (Å²) in [6, 6.07) is 2.00. The topological polar surface area (TPSA) is 25.8 Å². The molecule has 0 atom stereocenters. The predicted octanol–water partition coefficient (Wildman–Crippen LogP) is 2.38. The molecule has 0 aromatic carbocycles. The van der Waals surface area contributed by atoms with Gasteiger partial charge < -0.3 is 0 Å². The van der Waals surface area contributed by atoms with Gasteiger partial charge in [0.05, 0.1) is 0 Å². The van der Waals surface area contributed by atoms with E-state index in [9.17, 15) is 0 Å². The lowest BCUT2D eigenvalue weighted by Crippen LogP contribution is -1.97. The van der Waals surface area contributed by atoms with Crippen molar-refractivity contribution in [3.8, 4) is 0 Å². The van der Waals surface area contributed by atoms with Crippen LogP contribution in [0.3, 0.4) is 0 Å². The minimum Gasteiger partial charge on any atom is -0.241 e. The van der Waals surface area contributed by atoms with Crippen LogP contribution in [0.25, 0.3) is 0 Å². The zero-order valence-corrected chi connectivity index (χ0v) is 7.88. The normalized spacial score (nSPS) is 10.2. The quantitative estimate of drug-likeness (QED) is 0.682. The first-order chi connectivity index (χ1) is 5.86. The molecule has 0 aliphatic rings. The highest BCUT2D eigenvalue weighted by Crippen LogP contribution is 2.00. The Morgan fingerprint density at radius 2 is 1.92 bits per heavy atom. The molecular weight excluding hydrogens is 148 g/mol. The Morgan fingerprint density at radius 1 is 1.17 bits per heavy atom. The van der Waals surface area contributed by atoms with E-state index in [-0.39, 0.29) is 0 Å². The van der Waals surface area contributed by atoms with E-state index >= 15 is 0 Å². The van der Waals surface area contributed by atoms with Crippen LogP contribution in [0.5, 0.6) is 0 Å². The fourth-order valence-corrected chi connectivity index (χ4v) is 1.18. The molecule has 0 spiro atoms. The number of aryl methyl sites for hydroxylation is 2. The number of nitrogens with zero attached hydrogens (tertiary/aromatic N) is 2. The van der Waals surface area contributed by atoms with Gasteiger partial charge in [0, 0.05) is 18.3 Å². The van der Waals surface area contributed by atoms with Crippen molar-refractivity contribution in [3.63, 3.8) is 0 Å². The smallest absolute Gasteiger partial charge is 0.128 e. The molecule has 0 aliphatic carbocycles. The molecule has 2 heteroatoms. The SMILES string of the molecule is CCCc1ccnc(CCC)n1. The summed E-state index contributed by atoms with van der Waals surface area (Å²) in [5, 5.41) is 0. The molecule has 1 aromatic rings. The maximum Gasteiger partial charge on any atom is 0.128 e. The van der Waals surface area contributed by atoms with E-state index in [1.807, 2.05) is 12.3 Å². The van der Waals surface area contributed by atoms with Crippen molar-refractivity contribution < 1.29 is 0 Å². The van der Waals surface area contributed by atoms with Crippen LogP contribution in [0.1, 0.15) is 38.2 Å². The highest BCUT2D eigenvalue weighted by molar-refractivity contribution is 5.02. The van der Waals surface area contributed by atoms with E-state index in [4.69, 9.17) is 0 Å². The molecule has 0 fully saturated rings. The van der Waals surface area contributed by atoms with Crippen molar-refractivity contribution >= 4 is 0 Å². The van der Waals surface area contributed by atoms with E-state index in [0.717, 1.165) is 31.5 Å². The third-order valence-electron chi connectivity index (χ3n) is 1.74. The summed E-state index contributed by atoms with van der Waals surface area (Å²) in [5.41, 5.74) is 1.18. The number of aromatic nitrogens is 2. The van der Waals surface area contributed by atoms with Crippen LogP contribution < -0.4 is 0 Å². The van der Waals surface area contributed by atoms with E-state index in [2.05, 4.69) is 23.8 Å². The van der Waals surface area contributed by atoms with Crippen LogP contribution >= 0.6 is 0 Å². The second kappa shape index (κ2) is 4.86. The second-order valence-electron chi connectivity index (χ2n) is 2.96. The van der Waals surface area contributed by atoms with Crippen molar-refractivity contribution in [2.75, 3.05) is 0 Å². The zero-order valence-electron chi connectivity index (χ0n) is 7.88. The van der Waals surface area contributed by atoms with Crippen LogP contribution in [0, 0.1) is 0 Å². The Kier molecular flexibility index (Phi) is 3.71. The first kappa shape index (κ1) is 9.17. The van der Waals surface area contributed by atoms with Crippen LogP contribution in [-0.4, -0.2) is 9.97 Å². The van der Waals surface area contributed by atoms with Gasteiger partial charge in [0.15, 0.2) is 0 Å².